The van der Waals surface area contributed by atoms with E-state index in [9.17, 15) is 4.79 Å². The van der Waals surface area contributed by atoms with Gasteiger partial charge >= 0.3 is 6.47 Å². The number of rotatable bonds is 4. The summed E-state index contributed by atoms with van der Waals surface area (Å²) in [6.07, 6.45) is 2.55. The van der Waals surface area contributed by atoms with Crippen molar-refractivity contribution in [3.05, 3.63) is 0 Å². The quantitative estimate of drug-likeness (QED) is 0.388. The molecule has 3 nitrogen and oxygen atoms in total. The third kappa shape index (κ3) is 1.93. The van der Waals surface area contributed by atoms with Crippen LogP contribution in [0.2, 0.25) is 0 Å². The minimum Gasteiger partial charge on any atom is -0.430 e. The standard InChI is InChI=1S/C5H7O3/c6-3-7-4-8-5-1-2-5/h5H,1-2,4H2. The molecule has 1 aliphatic rings. The first-order valence-corrected chi connectivity index (χ1v) is 2.54. The normalized spacial score (nSPS) is 18.0. The zero-order valence-corrected chi connectivity index (χ0v) is 4.42. The lowest BCUT2D eigenvalue weighted by atomic mass is 10.8. The van der Waals surface area contributed by atoms with Gasteiger partial charge in [0.15, 0.2) is 6.79 Å². The fourth-order valence-electron chi connectivity index (χ4n) is 0.389. The fourth-order valence-corrected chi connectivity index (χ4v) is 0.389. The highest BCUT2D eigenvalue weighted by molar-refractivity contribution is 5.37. The van der Waals surface area contributed by atoms with Crippen molar-refractivity contribution in [3.63, 3.8) is 0 Å². The van der Waals surface area contributed by atoms with Crippen molar-refractivity contribution in [2.45, 2.75) is 18.9 Å². The van der Waals surface area contributed by atoms with Crippen LogP contribution >= 0.6 is 0 Å². The minimum absolute atomic E-state index is 0.0637. The first kappa shape index (κ1) is 5.56. The van der Waals surface area contributed by atoms with Crippen molar-refractivity contribution in [3.8, 4) is 0 Å². The van der Waals surface area contributed by atoms with Gasteiger partial charge in [-0.25, -0.2) is 4.79 Å². The van der Waals surface area contributed by atoms with E-state index >= 15 is 0 Å². The van der Waals surface area contributed by atoms with Gasteiger partial charge in [-0.05, 0) is 12.8 Å². The van der Waals surface area contributed by atoms with Crippen molar-refractivity contribution < 1.29 is 14.3 Å². The maximum absolute atomic E-state index is 9.38. The minimum atomic E-state index is 0.0637. The van der Waals surface area contributed by atoms with Gasteiger partial charge in [0.2, 0.25) is 0 Å². The van der Waals surface area contributed by atoms with E-state index in [2.05, 4.69) is 4.74 Å². The molecule has 0 aromatic heterocycles. The van der Waals surface area contributed by atoms with Crippen LogP contribution in [0.4, 0.5) is 0 Å². The van der Waals surface area contributed by atoms with Gasteiger partial charge in [0.1, 0.15) is 0 Å². The first-order valence-electron chi connectivity index (χ1n) is 2.54. The Morgan fingerprint density at radius 2 is 2.38 bits per heavy atom. The van der Waals surface area contributed by atoms with Crippen LogP contribution in [-0.4, -0.2) is 19.4 Å². The number of hydrogen-bond donors (Lipinski definition) is 0. The maximum atomic E-state index is 9.38. The molecule has 0 aromatic carbocycles. The Morgan fingerprint density at radius 3 is 2.88 bits per heavy atom. The number of carbonyl (C=O) groups excluding carboxylic acids is 1. The summed E-state index contributed by atoms with van der Waals surface area (Å²) in [5, 5.41) is 0. The van der Waals surface area contributed by atoms with Gasteiger partial charge in [0.05, 0.1) is 6.10 Å². The molecule has 1 saturated carbocycles. The van der Waals surface area contributed by atoms with Crippen molar-refractivity contribution >= 4 is 6.47 Å². The third-order valence-electron chi connectivity index (χ3n) is 0.946. The summed E-state index contributed by atoms with van der Waals surface area (Å²) < 4.78 is 9.07. The van der Waals surface area contributed by atoms with E-state index in [1.165, 1.54) is 6.47 Å². The smallest absolute Gasteiger partial charge is 0.419 e. The molecule has 0 N–H and O–H groups in total. The van der Waals surface area contributed by atoms with E-state index in [4.69, 9.17) is 4.74 Å². The highest BCUT2D eigenvalue weighted by Crippen LogP contribution is 2.22. The van der Waals surface area contributed by atoms with E-state index in [-0.39, 0.29) is 6.79 Å². The molecule has 0 aliphatic heterocycles. The summed E-state index contributed by atoms with van der Waals surface area (Å²) in [5.41, 5.74) is 0. The van der Waals surface area contributed by atoms with E-state index in [1.54, 1.807) is 0 Å². The molecule has 45 valence electrons. The summed E-state index contributed by atoms with van der Waals surface area (Å²) in [6.45, 7) is 1.34. The van der Waals surface area contributed by atoms with Gasteiger partial charge < -0.3 is 9.47 Å². The summed E-state index contributed by atoms with van der Waals surface area (Å²) in [5.74, 6) is 0. The van der Waals surface area contributed by atoms with Crippen LogP contribution in [0.25, 0.3) is 0 Å². The Kier molecular flexibility index (Phi) is 1.86. The predicted molar refractivity (Wildman–Crippen MR) is 25.8 cm³/mol. The molecule has 1 radical (unpaired) electrons. The molecule has 1 rings (SSSR count). The average molecular weight is 115 g/mol. The van der Waals surface area contributed by atoms with Crippen LogP contribution < -0.4 is 0 Å². The maximum Gasteiger partial charge on any atom is 0.419 e. The predicted octanol–water partition coefficient (Wildman–Crippen LogP) is 0.207. The molecular formula is C5H7O3. The topological polar surface area (TPSA) is 35.5 Å². The molecule has 0 atom stereocenters. The molecule has 0 unspecified atom stereocenters. The van der Waals surface area contributed by atoms with Gasteiger partial charge in [-0.15, -0.1) is 0 Å². The molecule has 0 aromatic rings. The Bertz CT molecular complexity index is 77.7. The zero-order valence-electron chi connectivity index (χ0n) is 4.42. The van der Waals surface area contributed by atoms with E-state index in [1.807, 2.05) is 0 Å². The Labute approximate surface area is 47.6 Å². The SMILES string of the molecule is O=[C]OCOC1CC1. The molecule has 0 heterocycles. The lowest BCUT2D eigenvalue weighted by Crippen LogP contribution is -1.98. The van der Waals surface area contributed by atoms with Crippen molar-refractivity contribution in [2.24, 2.45) is 0 Å². The summed E-state index contributed by atoms with van der Waals surface area (Å²) >= 11 is 0. The van der Waals surface area contributed by atoms with E-state index in [0.29, 0.717) is 6.10 Å². The van der Waals surface area contributed by atoms with Crippen LogP contribution in [0, 0.1) is 0 Å². The van der Waals surface area contributed by atoms with Gasteiger partial charge in [-0.1, -0.05) is 0 Å². The molecule has 0 amide bonds. The van der Waals surface area contributed by atoms with Crippen LogP contribution in [0.15, 0.2) is 0 Å². The largest absolute Gasteiger partial charge is 0.430 e. The van der Waals surface area contributed by atoms with E-state index in [0.717, 1.165) is 12.8 Å². The molecule has 8 heavy (non-hydrogen) atoms. The molecule has 3 heteroatoms. The molecule has 0 spiro atoms. The second kappa shape index (κ2) is 2.67. The molecule has 1 aliphatic carbocycles. The number of ether oxygens (including phenoxy) is 2. The molecular weight excluding hydrogens is 108 g/mol. The zero-order chi connectivity index (χ0) is 5.82. The second-order valence-corrected chi connectivity index (χ2v) is 1.71. The second-order valence-electron chi connectivity index (χ2n) is 1.71. The van der Waals surface area contributed by atoms with Crippen molar-refractivity contribution in [2.75, 3.05) is 6.79 Å². The van der Waals surface area contributed by atoms with Crippen molar-refractivity contribution in [1.82, 2.24) is 0 Å². The fraction of sp³-hybridized carbons (Fsp3) is 0.800. The van der Waals surface area contributed by atoms with Gasteiger partial charge in [-0.3, -0.25) is 0 Å². The van der Waals surface area contributed by atoms with Crippen LogP contribution in [0.1, 0.15) is 12.8 Å². The third-order valence-corrected chi connectivity index (χ3v) is 0.946. The summed E-state index contributed by atoms with van der Waals surface area (Å²) in [7, 11) is 0. The summed E-state index contributed by atoms with van der Waals surface area (Å²) in [6, 6.07) is 0. The van der Waals surface area contributed by atoms with Crippen LogP contribution in [-0.2, 0) is 14.3 Å². The average Bonchev–Trinajstić information content (AvgIpc) is 2.51. The van der Waals surface area contributed by atoms with Gasteiger partial charge in [0, 0.05) is 0 Å². The highest BCUT2D eigenvalue weighted by atomic mass is 16.7. The Hall–Kier alpha value is -0.570. The van der Waals surface area contributed by atoms with E-state index < -0.39 is 0 Å². The molecule has 1 fully saturated rings. The monoisotopic (exact) mass is 115 g/mol. The van der Waals surface area contributed by atoms with Crippen molar-refractivity contribution in [1.29, 1.82) is 0 Å². The lowest BCUT2D eigenvalue weighted by Gasteiger charge is -1.95. The number of hydrogen-bond acceptors (Lipinski definition) is 3. The Morgan fingerprint density at radius 1 is 1.62 bits per heavy atom. The van der Waals surface area contributed by atoms with Gasteiger partial charge in [0.25, 0.3) is 0 Å². The Balaban J connectivity index is 1.80. The molecule has 0 saturated heterocycles. The summed E-state index contributed by atoms with van der Waals surface area (Å²) in [4.78, 5) is 9.38. The lowest BCUT2D eigenvalue weighted by molar-refractivity contribution is -0.00414. The van der Waals surface area contributed by atoms with Crippen LogP contribution in [0.3, 0.4) is 0 Å². The highest BCUT2D eigenvalue weighted by Gasteiger charge is 2.21. The van der Waals surface area contributed by atoms with Crippen LogP contribution in [0.5, 0.6) is 0 Å². The first-order chi connectivity index (χ1) is 3.93. The van der Waals surface area contributed by atoms with Gasteiger partial charge in [-0.2, -0.15) is 0 Å². The molecule has 0 bridgehead atoms.